The molecule has 2 amide bonds. The van der Waals surface area contributed by atoms with Crippen LogP contribution in [0.1, 0.15) is 13.3 Å². The van der Waals surface area contributed by atoms with Crippen molar-refractivity contribution in [2.24, 2.45) is 0 Å². The van der Waals surface area contributed by atoms with Gasteiger partial charge >= 0.3 is 0 Å². The zero-order chi connectivity index (χ0) is 16.9. The zero-order valence-electron chi connectivity index (χ0n) is 13.2. The van der Waals surface area contributed by atoms with Crippen LogP contribution in [-0.4, -0.2) is 23.7 Å². The van der Waals surface area contributed by atoms with Crippen molar-refractivity contribution in [3.63, 3.8) is 0 Å². The van der Waals surface area contributed by atoms with Crippen molar-refractivity contribution in [2.45, 2.75) is 23.5 Å². The molecule has 2 N–H and O–H groups in total. The number of carbonyl (C=O) groups is 2. The van der Waals surface area contributed by atoms with Crippen LogP contribution in [0, 0.1) is 0 Å². The van der Waals surface area contributed by atoms with Gasteiger partial charge in [-0.2, -0.15) is 0 Å². The Morgan fingerprint density at radius 1 is 1.21 bits per heavy atom. The molecule has 2 aromatic rings. The van der Waals surface area contributed by atoms with Crippen molar-refractivity contribution >= 4 is 35.0 Å². The normalized spacial score (nSPS) is 16.0. The Morgan fingerprint density at radius 2 is 1.96 bits per heavy atom. The van der Waals surface area contributed by atoms with Crippen LogP contribution in [0.3, 0.4) is 0 Å². The van der Waals surface area contributed by atoms with Gasteiger partial charge in [0.25, 0.3) is 0 Å². The van der Waals surface area contributed by atoms with Crippen LogP contribution >= 0.6 is 11.8 Å². The smallest absolute Gasteiger partial charge is 0.238 e. The average molecular weight is 342 g/mol. The number of fused-ring (bicyclic) bond motifs is 1. The average Bonchev–Trinajstić information content (AvgIpc) is 2.57. The molecule has 0 aromatic heterocycles. The lowest BCUT2D eigenvalue weighted by Crippen LogP contribution is -2.32. The minimum absolute atomic E-state index is 0.102. The van der Waals surface area contributed by atoms with Gasteiger partial charge < -0.3 is 15.4 Å². The van der Waals surface area contributed by atoms with Gasteiger partial charge in [-0.15, -0.1) is 11.8 Å². The predicted molar refractivity (Wildman–Crippen MR) is 95.6 cm³/mol. The highest BCUT2D eigenvalue weighted by atomic mass is 32.2. The van der Waals surface area contributed by atoms with Crippen LogP contribution in [0.2, 0.25) is 0 Å². The SMILES string of the molecule is CCOc1ccccc1NC(=O)C[C@@H]1Sc2ccccc2NC1=O. The van der Waals surface area contributed by atoms with E-state index in [1.165, 1.54) is 11.8 Å². The molecular weight excluding hydrogens is 324 g/mol. The van der Waals surface area contributed by atoms with Crippen molar-refractivity contribution in [2.75, 3.05) is 17.2 Å². The summed E-state index contributed by atoms with van der Waals surface area (Å²) in [6.07, 6.45) is 0.102. The van der Waals surface area contributed by atoms with Crippen LogP contribution in [0.5, 0.6) is 5.75 Å². The Kier molecular flexibility index (Phi) is 5.05. The number of carbonyl (C=O) groups excluding carboxylic acids is 2. The van der Waals surface area contributed by atoms with E-state index >= 15 is 0 Å². The minimum Gasteiger partial charge on any atom is -0.492 e. The highest BCUT2D eigenvalue weighted by Crippen LogP contribution is 2.36. The van der Waals surface area contributed by atoms with E-state index in [0.29, 0.717) is 18.0 Å². The molecule has 0 saturated heterocycles. The third kappa shape index (κ3) is 3.71. The highest BCUT2D eigenvalue weighted by molar-refractivity contribution is 8.01. The summed E-state index contributed by atoms with van der Waals surface area (Å²) in [6.45, 7) is 2.41. The van der Waals surface area contributed by atoms with E-state index in [1.807, 2.05) is 43.3 Å². The molecular formula is C18H18N2O3S. The van der Waals surface area contributed by atoms with Gasteiger partial charge in [-0.05, 0) is 31.2 Å². The quantitative estimate of drug-likeness (QED) is 0.872. The van der Waals surface area contributed by atoms with Gasteiger partial charge in [0, 0.05) is 11.3 Å². The standard InChI is InChI=1S/C18H18N2O3S/c1-2-23-14-9-5-3-7-12(14)19-17(21)11-16-18(22)20-13-8-4-6-10-15(13)24-16/h3-10,16H,2,11H2,1H3,(H,19,21)(H,20,22)/t16-/m0/s1. The van der Waals surface area contributed by atoms with Gasteiger partial charge in [-0.1, -0.05) is 24.3 Å². The molecule has 0 bridgehead atoms. The third-order valence-corrected chi connectivity index (χ3v) is 4.81. The summed E-state index contributed by atoms with van der Waals surface area (Å²) >= 11 is 1.41. The topological polar surface area (TPSA) is 67.4 Å². The van der Waals surface area contributed by atoms with Crippen molar-refractivity contribution in [1.29, 1.82) is 0 Å². The van der Waals surface area contributed by atoms with E-state index in [1.54, 1.807) is 12.1 Å². The molecule has 1 aliphatic rings. The number of hydrogen-bond acceptors (Lipinski definition) is 4. The molecule has 1 atom stereocenters. The minimum atomic E-state index is -0.445. The van der Waals surface area contributed by atoms with Gasteiger partial charge in [-0.3, -0.25) is 9.59 Å². The maximum atomic E-state index is 12.3. The molecule has 0 spiro atoms. The summed E-state index contributed by atoms with van der Waals surface area (Å²) in [5, 5.41) is 5.23. The van der Waals surface area contributed by atoms with Crippen LogP contribution in [-0.2, 0) is 9.59 Å². The highest BCUT2D eigenvalue weighted by Gasteiger charge is 2.28. The lowest BCUT2D eigenvalue weighted by atomic mass is 10.2. The number of benzene rings is 2. The summed E-state index contributed by atoms with van der Waals surface area (Å²) in [4.78, 5) is 25.5. The van der Waals surface area contributed by atoms with Crippen LogP contribution in [0.4, 0.5) is 11.4 Å². The van der Waals surface area contributed by atoms with Gasteiger partial charge in [0.1, 0.15) is 5.75 Å². The summed E-state index contributed by atoms with van der Waals surface area (Å²) in [5.74, 6) is 0.264. The second-order valence-electron chi connectivity index (χ2n) is 5.27. The molecule has 5 nitrogen and oxygen atoms in total. The molecule has 3 rings (SSSR count). The van der Waals surface area contributed by atoms with Crippen LogP contribution in [0.25, 0.3) is 0 Å². The van der Waals surface area contributed by atoms with Crippen molar-refractivity contribution in [3.8, 4) is 5.75 Å². The Balaban J connectivity index is 1.66. The number of nitrogens with one attached hydrogen (secondary N) is 2. The summed E-state index contributed by atoms with van der Waals surface area (Å²) in [7, 11) is 0. The molecule has 6 heteroatoms. The molecule has 0 fully saturated rings. The van der Waals surface area contributed by atoms with E-state index < -0.39 is 5.25 Å². The first-order valence-electron chi connectivity index (χ1n) is 7.75. The first-order valence-corrected chi connectivity index (χ1v) is 8.63. The summed E-state index contributed by atoms with van der Waals surface area (Å²) in [6, 6.07) is 14.8. The lowest BCUT2D eigenvalue weighted by Gasteiger charge is -2.23. The van der Waals surface area contributed by atoms with E-state index in [2.05, 4.69) is 10.6 Å². The maximum absolute atomic E-state index is 12.3. The first kappa shape index (κ1) is 16.4. The monoisotopic (exact) mass is 342 g/mol. The second kappa shape index (κ2) is 7.40. The van der Waals surface area contributed by atoms with Crippen LogP contribution < -0.4 is 15.4 Å². The first-order chi connectivity index (χ1) is 11.7. The lowest BCUT2D eigenvalue weighted by molar-refractivity contribution is -0.120. The number of thioether (sulfide) groups is 1. The molecule has 24 heavy (non-hydrogen) atoms. The fourth-order valence-electron chi connectivity index (χ4n) is 2.45. The fourth-order valence-corrected chi connectivity index (χ4v) is 3.56. The van der Waals surface area contributed by atoms with Crippen molar-refractivity contribution < 1.29 is 14.3 Å². The van der Waals surface area contributed by atoms with Gasteiger partial charge in [0.2, 0.25) is 11.8 Å². The van der Waals surface area contributed by atoms with Crippen molar-refractivity contribution in [1.82, 2.24) is 0 Å². The Bertz CT molecular complexity index is 763. The number of amides is 2. The summed E-state index contributed by atoms with van der Waals surface area (Å²) < 4.78 is 5.50. The molecule has 2 aromatic carbocycles. The van der Waals surface area contributed by atoms with E-state index in [4.69, 9.17) is 4.74 Å². The number of anilines is 2. The molecule has 0 unspecified atom stereocenters. The third-order valence-electron chi connectivity index (χ3n) is 3.54. The molecule has 124 valence electrons. The molecule has 1 aliphatic heterocycles. The van der Waals surface area contributed by atoms with Gasteiger partial charge in [-0.25, -0.2) is 0 Å². The maximum Gasteiger partial charge on any atom is 0.238 e. The second-order valence-corrected chi connectivity index (χ2v) is 6.52. The largest absolute Gasteiger partial charge is 0.492 e. The van der Waals surface area contributed by atoms with E-state index in [9.17, 15) is 9.59 Å². The number of rotatable bonds is 5. The molecule has 0 aliphatic carbocycles. The van der Waals surface area contributed by atoms with E-state index in [0.717, 1.165) is 10.6 Å². The molecule has 0 saturated carbocycles. The Morgan fingerprint density at radius 3 is 2.79 bits per heavy atom. The molecule has 0 radical (unpaired) electrons. The predicted octanol–water partition coefficient (Wildman–Crippen LogP) is 3.53. The van der Waals surface area contributed by atoms with Gasteiger partial charge in [0.05, 0.1) is 23.2 Å². The number of para-hydroxylation sites is 3. The fraction of sp³-hybridized carbons (Fsp3) is 0.222. The van der Waals surface area contributed by atoms with E-state index in [-0.39, 0.29) is 18.2 Å². The summed E-state index contributed by atoms with van der Waals surface area (Å²) in [5.41, 5.74) is 1.41. The van der Waals surface area contributed by atoms with Crippen LogP contribution in [0.15, 0.2) is 53.4 Å². The Hall–Kier alpha value is -2.47. The van der Waals surface area contributed by atoms with Crippen molar-refractivity contribution in [3.05, 3.63) is 48.5 Å². The Labute approximate surface area is 144 Å². The number of ether oxygens (including phenoxy) is 1. The van der Waals surface area contributed by atoms with Gasteiger partial charge in [0.15, 0.2) is 0 Å². The number of hydrogen-bond donors (Lipinski definition) is 2. The molecule has 1 heterocycles. The zero-order valence-corrected chi connectivity index (χ0v) is 14.1.